The summed E-state index contributed by atoms with van der Waals surface area (Å²) < 4.78 is 24.1. The van der Waals surface area contributed by atoms with E-state index in [1.54, 1.807) is 6.07 Å². The minimum Gasteiger partial charge on any atom is -0.258 e. The molecule has 134 valence electrons. The van der Waals surface area contributed by atoms with Gasteiger partial charge in [-0.25, -0.2) is 18.2 Å². The van der Waals surface area contributed by atoms with Crippen molar-refractivity contribution in [3.05, 3.63) is 58.1 Å². The van der Waals surface area contributed by atoms with Gasteiger partial charge in [-0.05, 0) is 18.2 Å². The van der Waals surface area contributed by atoms with Crippen molar-refractivity contribution in [1.82, 2.24) is 9.82 Å². The lowest BCUT2D eigenvalue weighted by molar-refractivity contribution is -0.384. The van der Waals surface area contributed by atoms with Crippen LogP contribution in [0.25, 0.3) is 10.2 Å². The van der Waals surface area contributed by atoms with Crippen LogP contribution < -0.4 is 4.83 Å². The van der Waals surface area contributed by atoms with Crippen LogP contribution >= 0.6 is 23.1 Å². The molecule has 0 saturated heterocycles. The monoisotopic (exact) mass is 408 g/mol. The normalized spacial score (nSPS) is 11.9. The molecular weight excluding hydrogens is 396 g/mol. The van der Waals surface area contributed by atoms with Crippen molar-refractivity contribution in [2.24, 2.45) is 5.10 Å². The molecule has 0 unspecified atom stereocenters. The zero-order chi connectivity index (χ0) is 18.7. The summed E-state index contributed by atoms with van der Waals surface area (Å²) in [6, 6.07) is 12.0. The summed E-state index contributed by atoms with van der Waals surface area (Å²) in [4.78, 5) is 17.7. The second-order valence-corrected chi connectivity index (χ2v) is 9.20. The number of non-ortho nitro benzene ring substituents is 1. The molecule has 0 radical (unpaired) electrons. The van der Waals surface area contributed by atoms with Crippen molar-refractivity contribution >= 4 is 55.2 Å². The minimum absolute atomic E-state index is 0.112. The largest absolute Gasteiger partial charge is 0.270 e. The van der Waals surface area contributed by atoms with Gasteiger partial charge in [0, 0.05) is 22.6 Å². The van der Waals surface area contributed by atoms with Crippen molar-refractivity contribution in [3.63, 3.8) is 0 Å². The summed E-state index contributed by atoms with van der Waals surface area (Å²) in [5, 5.41) is 14.6. The molecule has 3 aromatic rings. The maximum atomic E-state index is 11.1. The first kappa shape index (κ1) is 18.3. The maximum Gasteiger partial charge on any atom is 0.270 e. The molecule has 0 fully saturated rings. The van der Waals surface area contributed by atoms with E-state index in [9.17, 15) is 18.5 Å². The number of nitro groups is 1. The second-order valence-electron chi connectivity index (χ2n) is 5.15. The number of hydrogen-bond donors (Lipinski definition) is 1. The SMILES string of the molecule is CS(=O)(=O)N/N=C\c1cc([N+](=O)[O-])ccc1Sc1nc2ccccc2s1. The lowest BCUT2D eigenvalue weighted by atomic mass is 10.2. The molecule has 1 N–H and O–H groups in total. The first-order valence-corrected chi connectivity index (χ1v) is 10.7. The highest BCUT2D eigenvalue weighted by atomic mass is 32.2. The fourth-order valence-corrected chi connectivity index (χ4v) is 4.37. The number of para-hydroxylation sites is 1. The molecule has 2 aromatic carbocycles. The first-order valence-electron chi connectivity index (χ1n) is 7.13. The highest BCUT2D eigenvalue weighted by molar-refractivity contribution is 8.01. The van der Waals surface area contributed by atoms with E-state index in [1.165, 1.54) is 41.4 Å². The first-order chi connectivity index (χ1) is 12.3. The van der Waals surface area contributed by atoms with Gasteiger partial charge >= 0.3 is 0 Å². The summed E-state index contributed by atoms with van der Waals surface area (Å²) in [6.07, 6.45) is 2.21. The number of hydrogen-bond acceptors (Lipinski definition) is 8. The van der Waals surface area contributed by atoms with E-state index in [2.05, 4.69) is 10.1 Å². The van der Waals surface area contributed by atoms with Crippen LogP contribution in [0.4, 0.5) is 5.69 Å². The molecule has 8 nitrogen and oxygen atoms in total. The standard InChI is InChI=1S/C15H12N4O4S3/c1-26(22,23)18-16-9-10-8-11(19(20)21)6-7-13(10)24-15-17-12-4-2-3-5-14(12)25-15/h2-9,18H,1H3/b16-9-. The van der Waals surface area contributed by atoms with E-state index in [4.69, 9.17) is 0 Å². The Morgan fingerprint density at radius 3 is 2.77 bits per heavy atom. The van der Waals surface area contributed by atoms with Crippen LogP contribution in [0.5, 0.6) is 0 Å². The fraction of sp³-hybridized carbons (Fsp3) is 0.0667. The summed E-state index contributed by atoms with van der Waals surface area (Å²) in [6.45, 7) is 0. The topological polar surface area (TPSA) is 115 Å². The predicted octanol–water partition coefficient (Wildman–Crippen LogP) is 3.24. The number of benzene rings is 2. The van der Waals surface area contributed by atoms with Crippen LogP contribution in [0.3, 0.4) is 0 Å². The number of rotatable bonds is 6. The van der Waals surface area contributed by atoms with E-state index in [1.807, 2.05) is 29.1 Å². The van der Waals surface area contributed by atoms with Crippen LogP contribution in [-0.2, 0) is 10.0 Å². The molecule has 0 amide bonds. The van der Waals surface area contributed by atoms with Gasteiger partial charge in [-0.15, -0.1) is 11.3 Å². The van der Waals surface area contributed by atoms with Crippen molar-refractivity contribution in [2.45, 2.75) is 9.24 Å². The van der Waals surface area contributed by atoms with Gasteiger partial charge in [-0.2, -0.15) is 5.10 Å². The minimum atomic E-state index is -3.51. The van der Waals surface area contributed by atoms with Gasteiger partial charge in [0.15, 0.2) is 4.34 Å². The van der Waals surface area contributed by atoms with Crippen molar-refractivity contribution in [3.8, 4) is 0 Å². The average Bonchev–Trinajstić information content (AvgIpc) is 2.97. The highest BCUT2D eigenvalue weighted by Crippen LogP contribution is 2.36. The number of sulfonamides is 1. The Bertz CT molecular complexity index is 1080. The summed E-state index contributed by atoms with van der Waals surface area (Å²) >= 11 is 2.84. The molecule has 0 spiro atoms. The lowest BCUT2D eigenvalue weighted by Crippen LogP contribution is -2.15. The number of hydrazone groups is 1. The van der Waals surface area contributed by atoms with E-state index >= 15 is 0 Å². The number of fused-ring (bicyclic) bond motifs is 1. The Morgan fingerprint density at radius 1 is 1.31 bits per heavy atom. The van der Waals surface area contributed by atoms with E-state index in [-0.39, 0.29) is 5.69 Å². The Kier molecular flexibility index (Phi) is 5.20. The van der Waals surface area contributed by atoms with E-state index < -0.39 is 14.9 Å². The number of nitrogens with zero attached hydrogens (tertiary/aromatic N) is 3. The summed E-state index contributed by atoms with van der Waals surface area (Å²) in [7, 11) is -3.51. The molecule has 1 aromatic heterocycles. The Hall–Kier alpha value is -2.50. The molecule has 11 heteroatoms. The molecule has 0 saturated carbocycles. The summed E-state index contributed by atoms with van der Waals surface area (Å²) in [5.41, 5.74) is 1.18. The van der Waals surface area contributed by atoms with Crippen molar-refractivity contribution in [2.75, 3.05) is 6.26 Å². The third-order valence-electron chi connectivity index (χ3n) is 3.10. The van der Waals surface area contributed by atoms with Crippen LogP contribution in [-0.4, -0.2) is 30.8 Å². The average molecular weight is 408 g/mol. The van der Waals surface area contributed by atoms with Gasteiger partial charge in [0.1, 0.15) is 0 Å². The molecule has 0 bridgehead atoms. The van der Waals surface area contributed by atoms with Gasteiger partial charge in [0.05, 0.1) is 27.6 Å². The molecule has 0 aliphatic heterocycles. The van der Waals surface area contributed by atoms with Crippen molar-refractivity contribution in [1.29, 1.82) is 0 Å². The number of aromatic nitrogens is 1. The van der Waals surface area contributed by atoms with Gasteiger partial charge in [0.2, 0.25) is 10.0 Å². The van der Waals surface area contributed by atoms with Crippen LogP contribution in [0.15, 0.2) is 56.8 Å². The molecule has 1 heterocycles. The van der Waals surface area contributed by atoms with E-state index in [0.717, 1.165) is 20.8 Å². The molecule has 0 aliphatic rings. The zero-order valence-corrected chi connectivity index (χ0v) is 15.8. The second kappa shape index (κ2) is 7.40. The highest BCUT2D eigenvalue weighted by Gasteiger charge is 2.13. The zero-order valence-electron chi connectivity index (χ0n) is 13.3. The Balaban J connectivity index is 1.95. The predicted molar refractivity (Wildman–Crippen MR) is 102 cm³/mol. The van der Waals surface area contributed by atoms with Crippen LogP contribution in [0, 0.1) is 10.1 Å². The van der Waals surface area contributed by atoms with Gasteiger partial charge < -0.3 is 0 Å². The number of thiazole rings is 1. The molecule has 0 aliphatic carbocycles. The van der Waals surface area contributed by atoms with Gasteiger partial charge in [-0.1, -0.05) is 23.9 Å². The van der Waals surface area contributed by atoms with Gasteiger partial charge in [0.25, 0.3) is 5.69 Å². The smallest absolute Gasteiger partial charge is 0.258 e. The third-order valence-corrected chi connectivity index (χ3v) is 5.72. The number of nitro benzene ring substituents is 1. The molecule has 3 rings (SSSR count). The fourth-order valence-electron chi connectivity index (χ4n) is 2.02. The Morgan fingerprint density at radius 2 is 2.08 bits per heavy atom. The molecular formula is C15H12N4O4S3. The Labute approximate surface area is 157 Å². The van der Waals surface area contributed by atoms with E-state index in [0.29, 0.717) is 10.5 Å². The lowest BCUT2D eigenvalue weighted by Gasteiger charge is -2.03. The molecule has 26 heavy (non-hydrogen) atoms. The van der Waals surface area contributed by atoms with Gasteiger partial charge in [-0.3, -0.25) is 10.1 Å². The third kappa shape index (κ3) is 4.56. The van der Waals surface area contributed by atoms with Crippen molar-refractivity contribution < 1.29 is 13.3 Å². The summed E-state index contributed by atoms with van der Waals surface area (Å²) in [5.74, 6) is 0. The quantitative estimate of drug-likeness (QED) is 0.380. The number of nitrogens with one attached hydrogen (secondary N) is 1. The maximum absolute atomic E-state index is 11.1. The van der Waals surface area contributed by atoms with Crippen LogP contribution in [0.2, 0.25) is 0 Å². The van der Waals surface area contributed by atoms with Crippen LogP contribution in [0.1, 0.15) is 5.56 Å². The molecule has 0 atom stereocenters.